The van der Waals surface area contributed by atoms with Crippen LogP contribution in [0.4, 0.5) is 11.6 Å². The van der Waals surface area contributed by atoms with Gasteiger partial charge in [-0.15, -0.1) is 10.2 Å². The number of aromatic nitrogens is 3. The molecule has 2 aromatic rings. The van der Waals surface area contributed by atoms with Crippen LogP contribution in [0.25, 0.3) is 0 Å². The Hall–Kier alpha value is -2.53. The van der Waals surface area contributed by atoms with E-state index < -0.39 is 0 Å². The van der Waals surface area contributed by atoms with E-state index in [-0.39, 0.29) is 11.2 Å². The standard InChI is InChI=1S/C20H24N6OS/c1-14(18(27)22-16-7-5-6-15(12-16)13-21)28-20-24-23-19(26(20)17-8-9-17)25-10-3-2-4-11-25/h5-7,12,14,17H,2-4,8-11H2,1H3,(H,22,27)/t14-/m1/s1. The molecule has 7 nitrogen and oxygen atoms in total. The van der Waals surface area contributed by atoms with E-state index in [9.17, 15) is 4.79 Å². The number of rotatable bonds is 6. The first kappa shape index (κ1) is 18.8. The number of hydrogen-bond donors (Lipinski definition) is 1. The second-order valence-corrected chi connectivity index (χ2v) is 8.68. The Labute approximate surface area is 169 Å². The van der Waals surface area contributed by atoms with Crippen LogP contribution in [0.5, 0.6) is 0 Å². The molecule has 1 aromatic heterocycles. The minimum Gasteiger partial charge on any atom is -0.341 e. The first-order valence-electron chi connectivity index (χ1n) is 9.83. The van der Waals surface area contributed by atoms with E-state index in [1.807, 2.05) is 6.92 Å². The van der Waals surface area contributed by atoms with E-state index in [1.54, 1.807) is 24.3 Å². The lowest BCUT2D eigenvalue weighted by Crippen LogP contribution is -2.32. The summed E-state index contributed by atoms with van der Waals surface area (Å²) in [5.41, 5.74) is 1.16. The quantitative estimate of drug-likeness (QED) is 0.751. The van der Waals surface area contributed by atoms with E-state index in [0.717, 1.165) is 37.0 Å². The Morgan fingerprint density at radius 2 is 2.07 bits per heavy atom. The van der Waals surface area contributed by atoms with E-state index in [2.05, 4.69) is 31.1 Å². The fourth-order valence-electron chi connectivity index (χ4n) is 3.43. The smallest absolute Gasteiger partial charge is 0.237 e. The van der Waals surface area contributed by atoms with Crippen molar-refractivity contribution in [2.75, 3.05) is 23.3 Å². The monoisotopic (exact) mass is 396 g/mol. The molecule has 0 unspecified atom stereocenters. The number of hydrogen-bond acceptors (Lipinski definition) is 6. The van der Waals surface area contributed by atoms with Crippen molar-refractivity contribution >= 4 is 29.3 Å². The lowest BCUT2D eigenvalue weighted by Gasteiger charge is -2.28. The predicted molar refractivity (Wildman–Crippen MR) is 109 cm³/mol. The van der Waals surface area contributed by atoms with Gasteiger partial charge >= 0.3 is 0 Å². The zero-order valence-corrected chi connectivity index (χ0v) is 16.8. The Bertz CT molecular complexity index is 894. The van der Waals surface area contributed by atoms with Gasteiger partial charge in [-0.05, 0) is 57.2 Å². The van der Waals surface area contributed by atoms with Crippen LogP contribution in [0.3, 0.4) is 0 Å². The summed E-state index contributed by atoms with van der Waals surface area (Å²) in [5, 5.41) is 21.3. The van der Waals surface area contributed by atoms with Gasteiger partial charge in [0.05, 0.1) is 16.9 Å². The van der Waals surface area contributed by atoms with Crippen molar-refractivity contribution in [1.82, 2.24) is 14.8 Å². The molecule has 28 heavy (non-hydrogen) atoms. The molecule has 1 amide bonds. The fourth-order valence-corrected chi connectivity index (χ4v) is 4.35. The summed E-state index contributed by atoms with van der Waals surface area (Å²) in [6, 6.07) is 9.49. The second kappa shape index (κ2) is 8.23. The zero-order chi connectivity index (χ0) is 19.5. The van der Waals surface area contributed by atoms with Gasteiger partial charge in [-0.1, -0.05) is 17.8 Å². The number of anilines is 2. The molecule has 1 aromatic carbocycles. The van der Waals surface area contributed by atoms with Crippen LogP contribution >= 0.6 is 11.8 Å². The molecule has 2 aliphatic rings. The Morgan fingerprint density at radius 3 is 2.79 bits per heavy atom. The molecule has 0 bridgehead atoms. The molecule has 1 saturated heterocycles. The average molecular weight is 397 g/mol. The fraction of sp³-hybridized carbons (Fsp3) is 0.500. The van der Waals surface area contributed by atoms with Crippen LogP contribution in [0.2, 0.25) is 0 Å². The highest BCUT2D eigenvalue weighted by atomic mass is 32.2. The van der Waals surface area contributed by atoms with Gasteiger partial charge in [-0.25, -0.2) is 0 Å². The molecule has 1 N–H and O–H groups in total. The van der Waals surface area contributed by atoms with E-state index in [1.165, 1.54) is 31.0 Å². The third kappa shape index (κ3) is 4.14. The summed E-state index contributed by atoms with van der Waals surface area (Å²) in [5.74, 6) is 0.851. The number of amides is 1. The molecule has 1 aliphatic heterocycles. The number of nitriles is 1. The highest BCUT2D eigenvalue weighted by Gasteiger charge is 2.33. The lowest BCUT2D eigenvalue weighted by atomic mass is 10.1. The largest absolute Gasteiger partial charge is 0.341 e. The number of nitrogens with zero attached hydrogens (tertiary/aromatic N) is 5. The zero-order valence-electron chi connectivity index (χ0n) is 16.0. The van der Waals surface area contributed by atoms with Crippen LogP contribution in [0.1, 0.15) is 50.6 Å². The third-order valence-electron chi connectivity index (χ3n) is 5.11. The molecule has 4 rings (SSSR count). The van der Waals surface area contributed by atoms with Crippen molar-refractivity contribution < 1.29 is 4.79 Å². The van der Waals surface area contributed by atoms with Gasteiger partial charge in [0.25, 0.3) is 0 Å². The van der Waals surface area contributed by atoms with Crippen LogP contribution in [0, 0.1) is 11.3 Å². The summed E-state index contributed by atoms with van der Waals surface area (Å²) >= 11 is 1.45. The van der Waals surface area contributed by atoms with Crippen molar-refractivity contribution in [1.29, 1.82) is 5.26 Å². The molecule has 1 atom stereocenters. The van der Waals surface area contributed by atoms with E-state index in [0.29, 0.717) is 17.3 Å². The van der Waals surface area contributed by atoms with Crippen molar-refractivity contribution in [3.8, 4) is 6.07 Å². The maximum absolute atomic E-state index is 12.6. The summed E-state index contributed by atoms with van der Waals surface area (Å²) < 4.78 is 2.23. The minimum absolute atomic E-state index is 0.107. The summed E-state index contributed by atoms with van der Waals surface area (Å²) in [6.45, 7) is 3.93. The van der Waals surface area contributed by atoms with Crippen molar-refractivity contribution in [2.45, 2.75) is 55.5 Å². The molecule has 0 radical (unpaired) electrons. The first-order valence-corrected chi connectivity index (χ1v) is 10.7. The predicted octanol–water partition coefficient (Wildman–Crippen LogP) is 3.59. The average Bonchev–Trinajstić information content (AvgIpc) is 3.48. The number of carbonyl (C=O) groups is 1. The topological polar surface area (TPSA) is 86.8 Å². The Morgan fingerprint density at radius 1 is 1.29 bits per heavy atom. The maximum atomic E-state index is 12.6. The Kier molecular flexibility index (Phi) is 5.53. The molecule has 1 saturated carbocycles. The van der Waals surface area contributed by atoms with Crippen molar-refractivity contribution in [3.63, 3.8) is 0 Å². The molecular formula is C20H24N6OS. The molecular weight excluding hydrogens is 372 g/mol. The summed E-state index contributed by atoms with van der Waals surface area (Å²) in [4.78, 5) is 15.0. The van der Waals surface area contributed by atoms with Crippen molar-refractivity contribution in [2.24, 2.45) is 0 Å². The first-order chi connectivity index (χ1) is 13.7. The number of thioether (sulfide) groups is 1. The summed E-state index contributed by atoms with van der Waals surface area (Å²) in [6.07, 6.45) is 5.96. The highest BCUT2D eigenvalue weighted by Crippen LogP contribution is 2.42. The third-order valence-corrected chi connectivity index (χ3v) is 6.16. The van der Waals surface area contributed by atoms with Crippen LogP contribution in [-0.2, 0) is 4.79 Å². The van der Waals surface area contributed by atoms with E-state index >= 15 is 0 Å². The van der Waals surface area contributed by atoms with Gasteiger partial charge in [0.2, 0.25) is 11.9 Å². The van der Waals surface area contributed by atoms with Crippen LogP contribution in [0.15, 0.2) is 29.4 Å². The van der Waals surface area contributed by atoms with Gasteiger partial charge < -0.3 is 10.2 Å². The van der Waals surface area contributed by atoms with Gasteiger partial charge in [0, 0.05) is 24.8 Å². The normalized spacial score (nSPS) is 17.8. The van der Waals surface area contributed by atoms with Crippen LogP contribution in [-0.4, -0.2) is 39.0 Å². The van der Waals surface area contributed by atoms with Gasteiger partial charge in [0.1, 0.15) is 0 Å². The van der Waals surface area contributed by atoms with Crippen molar-refractivity contribution in [3.05, 3.63) is 29.8 Å². The van der Waals surface area contributed by atoms with Crippen LogP contribution < -0.4 is 10.2 Å². The minimum atomic E-state index is -0.318. The SMILES string of the molecule is C[C@@H](Sc1nnc(N2CCCCC2)n1C1CC1)C(=O)Nc1cccc(C#N)c1. The number of benzene rings is 1. The molecule has 8 heteroatoms. The Balaban J connectivity index is 1.46. The second-order valence-electron chi connectivity index (χ2n) is 7.37. The molecule has 2 heterocycles. The number of nitrogens with one attached hydrogen (secondary N) is 1. The lowest BCUT2D eigenvalue weighted by molar-refractivity contribution is -0.115. The number of piperidine rings is 1. The maximum Gasteiger partial charge on any atom is 0.237 e. The highest BCUT2D eigenvalue weighted by molar-refractivity contribution is 8.00. The van der Waals surface area contributed by atoms with Gasteiger partial charge in [-0.2, -0.15) is 5.26 Å². The molecule has 146 valence electrons. The van der Waals surface area contributed by atoms with E-state index in [4.69, 9.17) is 5.26 Å². The summed E-state index contributed by atoms with van der Waals surface area (Å²) in [7, 11) is 0. The molecule has 0 spiro atoms. The molecule has 2 fully saturated rings. The van der Waals surface area contributed by atoms with Gasteiger partial charge in [0.15, 0.2) is 5.16 Å². The number of carbonyl (C=O) groups excluding carboxylic acids is 1. The molecule has 1 aliphatic carbocycles. The van der Waals surface area contributed by atoms with Gasteiger partial charge in [-0.3, -0.25) is 9.36 Å².